The van der Waals surface area contributed by atoms with Gasteiger partial charge in [0.05, 0.1) is 0 Å². The lowest BCUT2D eigenvalue weighted by Crippen LogP contribution is -2.35. The zero-order valence-electron chi connectivity index (χ0n) is 11.9. The van der Waals surface area contributed by atoms with Crippen molar-refractivity contribution in [3.63, 3.8) is 0 Å². The van der Waals surface area contributed by atoms with Gasteiger partial charge in [-0.25, -0.2) is 0 Å². The summed E-state index contributed by atoms with van der Waals surface area (Å²) >= 11 is 0. The normalized spacial score (nSPS) is 24.6. The number of rotatable bonds is 5. The average molecular weight is 258 g/mol. The largest absolute Gasteiger partial charge is 0.330 e. The summed E-state index contributed by atoms with van der Waals surface area (Å²) in [6.45, 7) is 4.47. The van der Waals surface area contributed by atoms with Crippen molar-refractivity contribution in [3.8, 4) is 0 Å². The average Bonchev–Trinajstić information content (AvgIpc) is 3.24. The van der Waals surface area contributed by atoms with Crippen LogP contribution in [-0.2, 0) is 6.54 Å². The van der Waals surface area contributed by atoms with Crippen molar-refractivity contribution in [1.82, 2.24) is 4.90 Å². The van der Waals surface area contributed by atoms with Gasteiger partial charge in [-0.2, -0.15) is 0 Å². The number of hydrogen-bond donors (Lipinski definition) is 1. The molecule has 0 amide bonds. The monoisotopic (exact) mass is 258 g/mol. The summed E-state index contributed by atoms with van der Waals surface area (Å²) in [4.78, 5) is 2.62. The predicted molar refractivity (Wildman–Crippen MR) is 80.1 cm³/mol. The molecule has 1 heterocycles. The molecule has 19 heavy (non-hydrogen) atoms. The van der Waals surface area contributed by atoms with E-state index in [0.29, 0.717) is 0 Å². The minimum absolute atomic E-state index is 0.824. The van der Waals surface area contributed by atoms with Crippen LogP contribution in [0.2, 0.25) is 0 Å². The molecule has 0 aromatic heterocycles. The Bertz CT molecular complexity index is 409. The molecule has 2 heteroatoms. The van der Waals surface area contributed by atoms with E-state index >= 15 is 0 Å². The Morgan fingerprint density at radius 3 is 2.89 bits per heavy atom. The summed E-state index contributed by atoms with van der Waals surface area (Å²) in [7, 11) is 0. The van der Waals surface area contributed by atoms with Crippen LogP contribution in [0, 0.1) is 5.92 Å². The van der Waals surface area contributed by atoms with Crippen molar-refractivity contribution in [2.75, 3.05) is 19.6 Å². The molecule has 0 spiro atoms. The van der Waals surface area contributed by atoms with E-state index in [-0.39, 0.29) is 0 Å². The van der Waals surface area contributed by atoms with Gasteiger partial charge in [-0.05, 0) is 68.2 Å². The Balaban J connectivity index is 1.59. The highest BCUT2D eigenvalue weighted by molar-refractivity contribution is 5.29. The molecule has 1 unspecified atom stereocenters. The standard InChI is InChI=1S/C17H26N2/c18-9-8-14-4-2-10-19(12-14)13-15-3-1-5-17(11-15)16-6-7-16/h1,3,5,11,14,16H,2,4,6-10,12-13,18H2. The highest BCUT2D eigenvalue weighted by atomic mass is 15.1. The topological polar surface area (TPSA) is 29.3 Å². The Morgan fingerprint density at radius 2 is 2.11 bits per heavy atom. The molecule has 1 atom stereocenters. The van der Waals surface area contributed by atoms with Crippen LogP contribution in [0.1, 0.15) is 49.1 Å². The van der Waals surface area contributed by atoms with E-state index in [1.165, 1.54) is 50.8 Å². The first-order chi connectivity index (χ1) is 9.35. The minimum Gasteiger partial charge on any atom is -0.330 e. The first-order valence-corrected chi connectivity index (χ1v) is 7.86. The summed E-state index contributed by atoms with van der Waals surface area (Å²) in [5, 5.41) is 0. The van der Waals surface area contributed by atoms with E-state index in [0.717, 1.165) is 24.9 Å². The molecule has 1 aliphatic carbocycles. The maximum atomic E-state index is 5.70. The van der Waals surface area contributed by atoms with Gasteiger partial charge in [0, 0.05) is 13.1 Å². The fraction of sp³-hybridized carbons (Fsp3) is 0.647. The fourth-order valence-electron chi connectivity index (χ4n) is 3.39. The molecule has 1 aliphatic heterocycles. The molecule has 2 fully saturated rings. The van der Waals surface area contributed by atoms with Gasteiger partial charge < -0.3 is 5.73 Å². The zero-order valence-corrected chi connectivity index (χ0v) is 11.9. The van der Waals surface area contributed by atoms with Crippen molar-refractivity contribution >= 4 is 0 Å². The van der Waals surface area contributed by atoms with Gasteiger partial charge in [-0.1, -0.05) is 24.3 Å². The van der Waals surface area contributed by atoms with Gasteiger partial charge in [-0.3, -0.25) is 4.90 Å². The van der Waals surface area contributed by atoms with Crippen LogP contribution in [-0.4, -0.2) is 24.5 Å². The number of benzene rings is 1. The molecule has 2 nitrogen and oxygen atoms in total. The lowest BCUT2D eigenvalue weighted by atomic mass is 9.94. The number of piperidine rings is 1. The summed E-state index contributed by atoms with van der Waals surface area (Å²) in [6, 6.07) is 9.27. The van der Waals surface area contributed by atoms with E-state index in [9.17, 15) is 0 Å². The van der Waals surface area contributed by atoms with E-state index < -0.39 is 0 Å². The van der Waals surface area contributed by atoms with E-state index in [2.05, 4.69) is 29.2 Å². The molecule has 0 radical (unpaired) electrons. The van der Waals surface area contributed by atoms with E-state index in [4.69, 9.17) is 5.73 Å². The second kappa shape index (κ2) is 6.06. The van der Waals surface area contributed by atoms with Crippen molar-refractivity contribution < 1.29 is 0 Å². The first-order valence-electron chi connectivity index (χ1n) is 7.86. The summed E-state index contributed by atoms with van der Waals surface area (Å²) < 4.78 is 0. The molecule has 104 valence electrons. The maximum Gasteiger partial charge on any atom is 0.0233 e. The lowest BCUT2D eigenvalue weighted by molar-refractivity contribution is 0.163. The number of nitrogens with two attached hydrogens (primary N) is 1. The molecule has 2 N–H and O–H groups in total. The van der Waals surface area contributed by atoms with E-state index in [1.54, 1.807) is 5.56 Å². The van der Waals surface area contributed by atoms with Crippen molar-refractivity contribution in [1.29, 1.82) is 0 Å². The van der Waals surface area contributed by atoms with Gasteiger partial charge in [0.2, 0.25) is 0 Å². The molecule has 2 aliphatic rings. The van der Waals surface area contributed by atoms with Gasteiger partial charge in [0.25, 0.3) is 0 Å². The second-order valence-electron chi connectivity index (χ2n) is 6.34. The molecule has 3 rings (SSSR count). The first kappa shape index (κ1) is 13.1. The third-order valence-corrected chi connectivity index (χ3v) is 4.58. The molecule has 1 saturated carbocycles. The minimum atomic E-state index is 0.824. The Morgan fingerprint density at radius 1 is 1.21 bits per heavy atom. The second-order valence-corrected chi connectivity index (χ2v) is 6.34. The maximum absolute atomic E-state index is 5.70. The van der Waals surface area contributed by atoms with Crippen LogP contribution < -0.4 is 5.73 Å². The fourth-order valence-corrected chi connectivity index (χ4v) is 3.39. The van der Waals surface area contributed by atoms with Crippen LogP contribution in [0.4, 0.5) is 0 Å². The molecule has 0 bridgehead atoms. The van der Waals surface area contributed by atoms with Gasteiger partial charge in [-0.15, -0.1) is 0 Å². The SMILES string of the molecule is NCCC1CCCN(Cc2cccc(C3CC3)c2)C1. The number of hydrogen-bond acceptors (Lipinski definition) is 2. The van der Waals surface area contributed by atoms with Crippen LogP contribution in [0.3, 0.4) is 0 Å². The van der Waals surface area contributed by atoms with Crippen LogP contribution >= 0.6 is 0 Å². The highest BCUT2D eigenvalue weighted by Crippen LogP contribution is 2.40. The van der Waals surface area contributed by atoms with Crippen LogP contribution in [0.25, 0.3) is 0 Å². The van der Waals surface area contributed by atoms with Gasteiger partial charge in [0.15, 0.2) is 0 Å². The van der Waals surface area contributed by atoms with Gasteiger partial charge >= 0.3 is 0 Å². The molecule has 1 saturated heterocycles. The van der Waals surface area contributed by atoms with Crippen LogP contribution in [0.15, 0.2) is 24.3 Å². The van der Waals surface area contributed by atoms with Crippen LogP contribution in [0.5, 0.6) is 0 Å². The lowest BCUT2D eigenvalue weighted by Gasteiger charge is -2.32. The van der Waals surface area contributed by atoms with Crippen molar-refractivity contribution in [3.05, 3.63) is 35.4 Å². The Kier molecular flexibility index (Phi) is 4.19. The predicted octanol–water partition coefficient (Wildman–Crippen LogP) is 3.12. The van der Waals surface area contributed by atoms with Gasteiger partial charge in [0.1, 0.15) is 0 Å². The molecule has 1 aromatic carbocycles. The molecular weight excluding hydrogens is 232 g/mol. The Hall–Kier alpha value is -0.860. The zero-order chi connectivity index (χ0) is 13.1. The quantitative estimate of drug-likeness (QED) is 0.879. The molecule has 1 aromatic rings. The highest BCUT2D eigenvalue weighted by Gasteiger charge is 2.24. The third kappa shape index (κ3) is 3.58. The van der Waals surface area contributed by atoms with Crippen molar-refractivity contribution in [2.24, 2.45) is 11.7 Å². The van der Waals surface area contributed by atoms with E-state index in [1.807, 2.05) is 0 Å². The Labute approximate surface area is 117 Å². The van der Waals surface area contributed by atoms with Crippen molar-refractivity contribution in [2.45, 2.75) is 44.6 Å². The summed E-state index contributed by atoms with van der Waals surface area (Å²) in [5.41, 5.74) is 8.76. The summed E-state index contributed by atoms with van der Waals surface area (Å²) in [5.74, 6) is 1.69. The third-order valence-electron chi connectivity index (χ3n) is 4.58. The smallest absolute Gasteiger partial charge is 0.0233 e. The number of likely N-dealkylation sites (tertiary alicyclic amines) is 1. The summed E-state index contributed by atoms with van der Waals surface area (Å²) in [6.07, 6.45) is 6.69. The number of nitrogens with zero attached hydrogens (tertiary/aromatic N) is 1. The molecular formula is C17H26N2.